The van der Waals surface area contributed by atoms with Crippen molar-refractivity contribution >= 4 is 28.6 Å². The van der Waals surface area contributed by atoms with Crippen LogP contribution in [0.15, 0.2) is 24.3 Å². The number of aryl methyl sites for hydroxylation is 1. The Morgan fingerprint density at radius 1 is 1.45 bits per heavy atom. The Morgan fingerprint density at radius 3 is 2.91 bits per heavy atom. The number of aromatic nitrogens is 1. The van der Waals surface area contributed by atoms with Crippen molar-refractivity contribution in [1.82, 2.24) is 10.3 Å². The summed E-state index contributed by atoms with van der Waals surface area (Å²) in [6, 6.07) is 5.53. The number of hydrogen-bond acceptors (Lipinski definition) is 4. The van der Waals surface area contributed by atoms with Gasteiger partial charge in [0.25, 0.3) is 5.91 Å². The number of carbonyl (C=O) groups is 1. The topological polar surface area (TPSA) is 62.2 Å². The summed E-state index contributed by atoms with van der Waals surface area (Å²) in [5.74, 6) is 0.116. The van der Waals surface area contributed by atoms with Crippen molar-refractivity contribution in [3.63, 3.8) is 0 Å². The van der Waals surface area contributed by atoms with E-state index >= 15 is 0 Å². The number of carbonyl (C=O) groups excluding carboxylic acids is 1. The number of nitrogens with one attached hydrogen (secondary N) is 1. The molecule has 0 bridgehead atoms. The van der Waals surface area contributed by atoms with Crippen LogP contribution >= 0.6 is 11.8 Å². The van der Waals surface area contributed by atoms with Crippen molar-refractivity contribution < 1.29 is 14.3 Å². The van der Waals surface area contributed by atoms with E-state index in [0.717, 1.165) is 5.75 Å². The zero-order valence-electron chi connectivity index (χ0n) is 12.6. The van der Waals surface area contributed by atoms with Crippen LogP contribution in [-0.2, 0) is 0 Å². The summed E-state index contributed by atoms with van der Waals surface area (Å²) in [6.07, 6.45) is 2.65. The number of hydrogen-bond donors (Lipinski definition) is 2. The lowest BCUT2D eigenvalue weighted by molar-refractivity contribution is 0.0917. The van der Waals surface area contributed by atoms with Gasteiger partial charge >= 0.3 is 0 Å². The van der Waals surface area contributed by atoms with Gasteiger partial charge in [0.15, 0.2) is 0 Å². The van der Waals surface area contributed by atoms with Crippen molar-refractivity contribution in [2.45, 2.75) is 19.4 Å². The SMILES string of the molecule is CSCC[C@@H](CO)NC(=O)c1cc(C)nc2ccc(F)cc12. The van der Waals surface area contributed by atoms with E-state index in [4.69, 9.17) is 0 Å². The second kappa shape index (κ2) is 7.56. The molecule has 2 N–H and O–H groups in total. The van der Waals surface area contributed by atoms with Gasteiger partial charge in [-0.25, -0.2) is 4.39 Å². The van der Waals surface area contributed by atoms with Crippen LogP contribution in [0.2, 0.25) is 0 Å². The molecule has 0 fully saturated rings. The van der Waals surface area contributed by atoms with Gasteiger partial charge in [0.2, 0.25) is 0 Å². The van der Waals surface area contributed by atoms with Crippen LogP contribution in [-0.4, -0.2) is 40.7 Å². The molecule has 6 heteroatoms. The first kappa shape index (κ1) is 16.7. The number of nitrogens with zero attached hydrogens (tertiary/aromatic N) is 1. The van der Waals surface area contributed by atoms with Gasteiger partial charge in [0, 0.05) is 11.1 Å². The largest absolute Gasteiger partial charge is 0.394 e. The quantitative estimate of drug-likeness (QED) is 0.858. The highest BCUT2D eigenvalue weighted by Crippen LogP contribution is 2.20. The Morgan fingerprint density at radius 2 is 2.23 bits per heavy atom. The van der Waals surface area contributed by atoms with E-state index in [0.29, 0.717) is 28.6 Å². The first-order chi connectivity index (χ1) is 10.5. The fraction of sp³-hybridized carbons (Fsp3) is 0.375. The van der Waals surface area contributed by atoms with Gasteiger partial charge in [0.05, 0.1) is 23.7 Å². The third-order valence-electron chi connectivity index (χ3n) is 3.37. The summed E-state index contributed by atoms with van der Waals surface area (Å²) in [6.45, 7) is 1.67. The Labute approximate surface area is 133 Å². The highest BCUT2D eigenvalue weighted by molar-refractivity contribution is 7.98. The highest BCUT2D eigenvalue weighted by atomic mass is 32.2. The molecule has 0 unspecified atom stereocenters. The molecule has 1 amide bonds. The van der Waals surface area contributed by atoms with E-state index in [9.17, 15) is 14.3 Å². The summed E-state index contributed by atoms with van der Waals surface area (Å²) >= 11 is 1.65. The third-order valence-corrected chi connectivity index (χ3v) is 4.01. The van der Waals surface area contributed by atoms with Crippen LogP contribution in [0, 0.1) is 12.7 Å². The van der Waals surface area contributed by atoms with Gasteiger partial charge in [0.1, 0.15) is 5.82 Å². The smallest absolute Gasteiger partial charge is 0.252 e. The van der Waals surface area contributed by atoms with Crippen LogP contribution in [0.25, 0.3) is 10.9 Å². The zero-order valence-corrected chi connectivity index (χ0v) is 13.4. The second-order valence-corrected chi connectivity index (χ2v) is 6.09. The Hall–Kier alpha value is -1.66. The minimum Gasteiger partial charge on any atom is -0.394 e. The molecule has 1 atom stereocenters. The minimum atomic E-state index is -0.409. The number of aliphatic hydroxyl groups excluding tert-OH is 1. The number of pyridine rings is 1. The average Bonchev–Trinajstić information content (AvgIpc) is 2.50. The molecule has 0 spiro atoms. The molecule has 0 saturated carbocycles. The normalized spacial score (nSPS) is 12.4. The molecule has 4 nitrogen and oxygen atoms in total. The van der Waals surface area contributed by atoms with E-state index in [1.807, 2.05) is 6.26 Å². The number of fused-ring (bicyclic) bond motifs is 1. The van der Waals surface area contributed by atoms with E-state index in [2.05, 4.69) is 10.3 Å². The number of amides is 1. The van der Waals surface area contributed by atoms with Crippen LogP contribution < -0.4 is 5.32 Å². The van der Waals surface area contributed by atoms with Gasteiger partial charge in [-0.3, -0.25) is 9.78 Å². The molecule has 2 aromatic rings. The Kier molecular flexibility index (Phi) is 5.74. The average molecular weight is 322 g/mol. The van der Waals surface area contributed by atoms with E-state index < -0.39 is 5.82 Å². The van der Waals surface area contributed by atoms with Gasteiger partial charge in [-0.1, -0.05) is 0 Å². The molecular weight excluding hydrogens is 303 g/mol. The van der Waals surface area contributed by atoms with E-state index in [1.165, 1.54) is 12.1 Å². The summed E-state index contributed by atoms with van der Waals surface area (Å²) < 4.78 is 13.5. The predicted molar refractivity (Wildman–Crippen MR) is 87.8 cm³/mol. The molecule has 1 heterocycles. The number of thioether (sulfide) groups is 1. The molecule has 0 aliphatic carbocycles. The van der Waals surface area contributed by atoms with Crippen molar-refractivity contribution in [2.24, 2.45) is 0 Å². The fourth-order valence-corrected chi connectivity index (χ4v) is 2.77. The first-order valence-electron chi connectivity index (χ1n) is 7.02. The van der Waals surface area contributed by atoms with Gasteiger partial charge < -0.3 is 10.4 Å². The fourth-order valence-electron chi connectivity index (χ4n) is 2.25. The zero-order chi connectivity index (χ0) is 16.1. The number of benzene rings is 1. The highest BCUT2D eigenvalue weighted by Gasteiger charge is 2.16. The second-order valence-electron chi connectivity index (χ2n) is 5.11. The summed E-state index contributed by atoms with van der Waals surface area (Å²) in [4.78, 5) is 16.8. The van der Waals surface area contributed by atoms with E-state index in [1.54, 1.807) is 30.8 Å². The lowest BCUT2D eigenvalue weighted by Crippen LogP contribution is -2.38. The van der Waals surface area contributed by atoms with Gasteiger partial charge in [-0.15, -0.1) is 0 Å². The van der Waals surface area contributed by atoms with E-state index in [-0.39, 0.29) is 18.6 Å². The number of aliphatic hydroxyl groups is 1. The maximum absolute atomic E-state index is 13.5. The molecule has 1 aromatic heterocycles. The molecule has 0 radical (unpaired) electrons. The molecule has 118 valence electrons. The number of halogens is 1. The van der Waals surface area contributed by atoms with Crippen molar-refractivity contribution in [3.8, 4) is 0 Å². The Bertz CT molecular complexity index is 678. The van der Waals surface area contributed by atoms with Crippen molar-refractivity contribution in [1.29, 1.82) is 0 Å². The summed E-state index contributed by atoms with van der Waals surface area (Å²) in [7, 11) is 0. The number of rotatable bonds is 6. The molecule has 0 aliphatic rings. The molecule has 2 rings (SSSR count). The van der Waals surface area contributed by atoms with Crippen LogP contribution in [0.4, 0.5) is 4.39 Å². The van der Waals surface area contributed by atoms with Gasteiger partial charge in [-0.2, -0.15) is 11.8 Å². The predicted octanol–water partition coefficient (Wildman–Crippen LogP) is 2.53. The lowest BCUT2D eigenvalue weighted by Gasteiger charge is -2.16. The lowest BCUT2D eigenvalue weighted by atomic mass is 10.1. The third kappa shape index (κ3) is 3.96. The minimum absolute atomic E-state index is 0.122. The van der Waals surface area contributed by atoms with Crippen LogP contribution in [0.5, 0.6) is 0 Å². The van der Waals surface area contributed by atoms with Crippen LogP contribution in [0.3, 0.4) is 0 Å². The Balaban J connectivity index is 2.32. The summed E-state index contributed by atoms with van der Waals surface area (Å²) in [5, 5.41) is 12.6. The molecular formula is C16H19FN2O2S. The molecule has 1 aromatic carbocycles. The summed E-state index contributed by atoms with van der Waals surface area (Å²) in [5.41, 5.74) is 1.65. The standard InChI is InChI=1S/C16H19FN2O2S/c1-10-7-14(13-8-11(17)3-4-15(13)18-10)16(21)19-12(9-20)5-6-22-2/h3-4,7-8,12,20H,5-6,9H2,1-2H3,(H,19,21)/t12-/m0/s1. The molecule has 0 aliphatic heterocycles. The molecule has 0 saturated heterocycles. The van der Waals surface area contributed by atoms with Gasteiger partial charge in [-0.05, 0) is 49.6 Å². The van der Waals surface area contributed by atoms with Crippen molar-refractivity contribution in [2.75, 3.05) is 18.6 Å². The van der Waals surface area contributed by atoms with Crippen molar-refractivity contribution in [3.05, 3.63) is 41.3 Å². The maximum Gasteiger partial charge on any atom is 0.252 e. The van der Waals surface area contributed by atoms with Crippen LogP contribution in [0.1, 0.15) is 22.5 Å². The monoisotopic (exact) mass is 322 g/mol. The molecule has 22 heavy (non-hydrogen) atoms. The first-order valence-corrected chi connectivity index (χ1v) is 8.42. The maximum atomic E-state index is 13.5.